The van der Waals surface area contributed by atoms with E-state index in [4.69, 9.17) is 9.47 Å². The molecule has 2 saturated heterocycles. The number of halogens is 1. The van der Waals surface area contributed by atoms with Gasteiger partial charge in [-0.1, -0.05) is 30.3 Å². The third-order valence-corrected chi connectivity index (χ3v) is 6.07. The van der Waals surface area contributed by atoms with Crippen molar-refractivity contribution < 1.29 is 9.47 Å². The number of aliphatic imine (C=N–C) groups is 1. The summed E-state index contributed by atoms with van der Waals surface area (Å²) >= 11 is 0. The average Bonchev–Trinajstić information content (AvgIpc) is 3.30. The minimum absolute atomic E-state index is 0. The lowest BCUT2D eigenvalue weighted by Gasteiger charge is -2.31. The third-order valence-electron chi connectivity index (χ3n) is 6.07. The smallest absolute Gasteiger partial charge is 0.193 e. The largest absolute Gasteiger partial charge is 0.497 e. The van der Waals surface area contributed by atoms with Crippen molar-refractivity contribution in [1.82, 2.24) is 10.2 Å². The summed E-state index contributed by atoms with van der Waals surface area (Å²) in [6.07, 6.45) is 1.14. The molecule has 1 atom stereocenters. The van der Waals surface area contributed by atoms with Crippen LogP contribution in [0.15, 0.2) is 53.5 Å². The number of likely N-dealkylation sites (tertiary alicyclic amines) is 1. The molecule has 0 bridgehead atoms. The van der Waals surface area contributed by atoms with Gasteiger partial charge in [0.2, 0.25) is 0 Å². The summed E-state index contributed by atoms with van der Waals surface area (Å²) in [4.78, 5) is 9.34. The van der Waals surface area contributed by atoms with Gasteiger partial charge < -0.3 is 24.6 Å². The summed E-state index contributed by atoms with van der Waals surface area (Å²) in [6.45, 7) is 6.25. The molecular weight excluding hydrogens is 503 g/mol. The summed E-state index contributed by atoms with van der Waals surface area (Å²) in [6, 6.07) is 17.1. The standard InChI is InChI=1S/C24H32N4O2.HI/c1-25-24(28-12-11-21(18-28)19-7-9-22(29-2)10-8-19)26-17-20-5-3-4-6-23(20)27-13-15-30-16-14-27;/h3-10,21H,11-18H2,1-2H3,(H,25,26);1H. The number of nitrogens with one attached hydrogen (secondary N) is 1. The Bertz CT molecular complexity index is 853. The number of para-hydroxylation sites is 1. The highest BCUT2D eigenvalue weighted by Crippen LogP contribution is 2.28. The third kappa shape index (κ3) is 5.83. The number of methoxy groups -OCH3 is 1. The number of hydrogen-bond acceptors (Lipinski definition) is 4. The summed E-state index contributed by atoms with van der Waals surface area (Å²) in [5.41, 5.74) is 3.96. The second-order valence-corrected chi connectivity index (χ2v) is 7.83. The monoisotopic (exact) mass is 536 g/mol. The quantitative estimate of drug-likeness (QED) is 0.359. The highest BCUT2D eigenvalue weighted by atomic mass is 127. The number of morpholine rings is 1. The van der Waals surface area contributed by atoms with Crippen LogP contribution in [0.1, 0.15) is 23.5 Å². The van der Waals surface area contributed by atoms with Gasteiger partial charge in [0, 0.05) is 51.4 Å². The summed E-state index contributed by atoms with van der Waals surface area (Å²) < 4.78 is 10.8. The lowest BCUT2D eigenvalue weighted by atomic mass is 9.98. The van der Waals surface area contributed by atoms with Crippen molar-refractivity contribution in [2.24, 2.45) is 4.99 Å². The number of hydrogen-bond donors (Lipinski definition) is 1. The molecular formula is C24H33IN4O2. The molecule has 2 aromatic rings. The van der Waals surface area contributed by atoms with E-state index >= 15 is 0 Å². The van der Waals surface area contributed by atoms with Crippen LogP contribution in [0, 0.1) is 0 Å². The van der Waals surface area contributed by atoms with Gasteiger partial charge in [0.25, 0.3) is 0 Å². The van der Waals surface area contributed by atoms with Crippen molar-refractivity contribution in [3.63, 3.8) is 0 Å². The minimum atomic E-state index is 0. The van der Waals surface area contributed by atoms with Crippen LogP contribution >= 0.6 is 24.0 Å². The van der Waals surface area contributed by atoms with Gasteiger partial charge in [-0.05, 0) is 35.7 Å². The minimum Gasteiger partial charge on any atom is -0.497 e. The van der Waals surface area contributed by atoms with Crippen LogP contribution in [0.5, 0.6) is 5.75 Å². The maximum atomic E-state index is 5.51. The van der Waals surface area contributed by atoms with Crippen molar-refractivity contribution in [1.29, 1.82) is 0 Å². The van der Waals surface area contributed by atoms with E-state index in [0.29, 0.717) is 5.92 Å². The van der Waals surface area contributed by atoms with Crippen molar-refractivity contribution in [3.05, 3.63) is 59.7 Å². The number of nitrogens with zero attached hydrogens (tertiary/aromatic N) is 3. The Morgan fingerprint density at radius 1 is 1.10 bits per heavy atom. The van der Waals surface area contributed by atoms with Crippen LogP contribution in [0.4, 0.5) is 5.69 Å². The molecule has 1 unspecified atom stereocenters. The fourth-order valence-corrected chi connectivity index (χ4v) is 4.38. The van der Waals surface area contributed by atoms with Gasteiger partial charge in [-0.15, -0.1) is 24.0 Å². The van der Waals surface area contributed by atoms with E-state index in [2.05, 4.69) is 56.5 Å². The molecule has 0 saturated carbocycles. The van der Waals surface area contributed by atoms with Crippen molar-refractivity contribution in [2.45, 2.75) is 18.9 Å². The Balaban J connectivity index is 0.00000272. The second kappa shape index (κ2) is 11.6. The first-order valence-corrected chi connectivity index (χ1v) is 10.8. The van der Waals surface area contributed by atoms with Crippen LogP contribution in [0.2, 0.25) is 0 Å². The van der Waals surface area contributed by atoms with E-state index in [-0.39, 0.29) is 24.0 Å². The number of guanidine groups is 1. The van der Waals surface area contributed by atoms with Crippen molar-refractivity contribution >= 4 is 35.6 Å². The molecule has 0 amide bonds. The Kier molecular flexibility index (Phi) is 8.83. The molecule has 0 aromatic heterocycles. The van der Waals surface area contributed by atoms with Gasteiger partial charge in [0.15, 0.2) is 5.96 Å². The molecule has 2 heterocycles. The van der Waals surface area contributed by atoms with Gasteiger partial charge in [-0.25, -0.2) is 0 Å². The van der Waals surface area contributed by atoms with Crippen LogP contribution < -0.4 is 15.0 Å². The van der Waals surface area contributed by atoms with E-state index in [9.17, 15) is 0 Å². The lowest BCUT2D eigenvalue weighted by Crippen LogP contribution is -2.40. The van der Waals surface area contributed by atoms with Crippen LogP contribution in [0.3, 0.4) is 0 Å². The maximum Gasteiger partial charge on any atom is 0.193 e. The van der Waals surface area contributed by atoms with Gasteiger partial charge >= 0.3 is 0 Å². The molecule has 0 aliphatic carbocycles. The Morgan fingerprint density at radius 2 is 1.84 bits per heavy atom. The fourth-order valence-electron chi connectivity index (χ4n) is 4.38. The van der Waals surface area contributed by atoms with Crippen LogP contribution in [-0.4, -0.2) is 64.4 Å². The molecule has 4 rings (SSSR count). The van der Waals surface area contributed by atoms with Gasteiger partial charge in [0.1, 0.15) is 5.75 Å². The van der Waals surface area contributed by atoms with Crippen LogP contribution in [0.25, 0.3) is 0 Å². The summed E-state index contributed by atoms with van der Waals surface area (Å²) in [7, 11) is 3.58. The van der Waals surface area contributed by atoms with Crippen LogP contribution in [-0.2, 0) is 11.3 Å². The van der Waals surface area contributed by atoms with E-state index in [1.165, 1.54) is 16.8 Å². The molecule has 6 nitrogen and oxygen atoms in total. The first-order chi connectivity index (χ1) is 14.8. The first kappa shape index (κ1) is 23.7. The van der Waals surface area contributed by atoms with Crippen molar-refractivity contribution in [3.8, 4) is 5.75 Å². The highest BCUT2D eigenvalue weighted by molar-refractivity contribution is 14.0. The molecule has 168 valence electrons. The second-order valence-electron chi connectivity index (χ2n) is 7.83. The van der Waals surface area contributed by atoms with E-state index in [0.717, 1.165) is 64.1 Å². The molecule has 2 fully saturated rings. The zero-order chi connectivity index (χ0) is 20.8. The van der Waals surface area contributed by atoms with Gasteiger partial charge in [-0.2, -0.15) is 0 Å². The van der Waals surface area contributed by atoms with Crippen molar-refractivity contribution in [2.75, 3.05) is 58.5 Å². The molecule has 2 aromatic carbocycles. The highest BCUT2D eigenvalue weighted by Gasteiger charge is 2.26. The predicted molar refractivity (Wildman–Crippen MR) is 137 cm³/mol. The number of rotatable bonds is 5. The number of ether oxygens (including phenoxy) is 2. The predicted octanol–water partition coefficient (Wildman–Crippen LogP) is 3.71. The molecule has 0 radical (unpaired) electrons. The zero-order valence-electron chi connectivity index (χ0n) is 18.4. The maximum absolute atomic E-state index is 5.51. The molecule has 2 aliphatic rings. The average molecular weight is 536 g/mol. The molecule has 2 aliphatic heterocycles. The van der Waals surface area contributed by atoms with Gasteiger partial charge in [0.05, 0.1) is 20.3 Å². The molecule has 1 N–H and O–H groups in total. The molecule has 31 heavy (non-hydrogen) atoms. The number of benzene rings is 2. The normalized spacial score (nSPS) is 19.2. The Labute approximate surface area is 202 Å². The first-order valence-electron chi connectivity index (χ1n) is 10.8. The topological polar surface area (TPSA) is 49.3 Å². The zero-order valence-corrected chi connectivity index (χ0v) is 20.7. The van der Waals surface area contributed by atoms with Gasteiger partial charge in [-0.3, -0.25) is 4.99 Å². The summed E-state index contributed by atoms with van der Waals surface area (Å²) in [5.74, 6) is 2.41. The SMILES string of the molecule is CN=C(NCc1ccccc1N1CCOCC1)N1CCC(c2ccc(OC)cc2)C1.I. The summed E-state index contributed by atoms with van der Waals surface area (Å²) in [5, 5.41) is 3.60. The number of anilines is 1. The Morgan fingerprint density at radius 3 is 2.55 bits per heavy atom. The van der Waals surface area contributed by atoms with E-state index in [1.807, 2.05) is 19.2 Å². The Hall–Kier alpha value is -2.00. The lowest BCUT2D eigenvalue weighted by molar-refractivity contribution is 0.122. The molecule has 0 spiro atoms. The van der Waals surface area contributed by atoms with E-state index in [1.54, 1.807) is 7.11 Å². The fraction of sp³-hybridized carbons (Fsp3) is 0.458. The molecule has 7 heteroatoms. The van der Waals surface area contributed by atoms with E-state index < -0.39 is 0 Å².